The van der Waals surface area contributed by atoms with E-state index in [2.05, 4.69) is 102 Å². The van der Waals surface area contributed by atoms with Crippen molar-refractivity contribution in [2.45, 2.75) is 0 Å². The third-order valence-corrected chi connectivity index (χ3v) is 7.99. The summed E-state index contributed by atoms with van der Waals surface area (Å²) in [4.78, 5) is 10.5. The van der Waals surface area contributed by atoms with Crippen LogP contribution in [0, 0.1) is 0 Å². The van der Waals surface area contributed by atoms with Crippen molar-refractivity contribution in [3.8, 4) is 17.2 Å². The first kappa shape index (κ1) is 21.5. The molecule has 6 aromatic carbocycles. The molecule has 0 bridgehead atoms. The summed E-state index contributed by atoms with van der Waals surface area (Å²) in [6.45, 7) is 0. The van der Waals surface area contributed by atoms with Crippen LogP contribution in [0.2, 0.25) is 0 Å². The van der Waals surface area contributed by atoms with E-state index in [9.17, 15) is 0 Å². The van der Waals surface area contributed by atoms with Gasteiger partial charge in [-0.2, -0.15) is 0 Å². The fourth-order valence-corrected chi connectivity index (χ4v) is 6.31. The lowest BCUT2D eigenvalue weighted by atomic mass is 9.99. The lowest BCUT2D eigenvalue weighted by molar-refractivity contribution is 0.673. The maximum absolute atomic E-state index is 6.57. The number of hydrogen-bond donors (Lipinski definition) is 0. The number of fused-ring (bicyclic) bond motifs is 11. The Morgan fingerprint density at radius 3 is 2.00 bits per heavy atom. The zero-order valence-corrected chi connectivity index (χ0v) is 21.4. The second-order valence-corrected chi connectivity index (χ2v) is 10.2. The van der Waals surface area contributed by atoms with Crippen LogP contribution < -0.4 is 0 Å². The number of rotatable bonds is 2. The third kappa shape index (κ3) is 2.85. The molecule has 4 nitrogen and oxygen atoms in total. The second-order valence-electron chi connectivity index (χ2n) is 10.2. The molecule has 9 rings (SSSR count). The van der Waals surface area contributed by atoms with Gasteiger partial charge < -0.3 is 4.42 Å². The zero-order valence-electron chi connectivity index (χ0n) is 21.4. The monoisotopic (exact) mass is 511 g/mol. The molecule has 0 amide bonds. The van der Waals surface area contributed by atoms with Gasteiger partial charge in [0.05, 0.1) is 27.6 Å². The predicted octanol–water partition coefficient (Wildman–Crippen LogP) is 9.45. The summed E-state index contributed by atoms with van der Waals surface area (Å²) >= 11 is 0. The van der Waals surface area contributed by atoms with Gasteiger partial charge in [-0.15, -0.1) is 0 Å². The van der Waals surface area contributed by atoms with Crippen LogP contribution in [0.15, 0.2) is 132 Å². The van der Waals surface area contributed by atoms with Crippen LogP contribution in [0.4, 0.5) is 0 Å². The molecule has 0 N–H and O–H groups in total. The van der Waals surface area contributed by atoms with Gasteiger partial charge in [0.1, 0.15) is 11.2 Å². The maximum atomic E-state index is 6.57. The quantitative estimate of drug-likeness (QED) is 0.232. The van der Waals surface area contributed by atoms with Crippen LogP contribution in [0.3, 0.4) is 0 Å². The van der Waals surface area contributed by atoms with Gasteiger partial charge in [0.15, 0.2) is 0 Å². The normalized spacial score (nSPS) is 12.0. The summed E-state index contributed by atoms with van der Waals surface area (Å²) in [5.74, 6) is 0.644. The molecule has 0 aliphatic rings. The van der Waals surface area contributed by atoms with Gasteiger partial charge in [-0.1, -0.05) is 109 Å². The summed E-state index contributed by atoms with van der Waals surface area (Å²) in [5, 5.41) is 7.81. The highest BCUT2D eigenvalue weighted by atomic mass is 16.3. The van der Waals surface area contributed by atoms with Crippen molar-refractivity contribution in [3.63, 3.8) is 0 Å². The molecule has 186 valence electrons. The van der Waals surface area contributed by atoms with Gasteiger partial charge in [0, 0.05) is 32.5 Å². The highest BCUT2D eigenvalue weighted by Gasteiger charge is 2.24. The molecule has 4 heteroatoms. The molecule has 0 radical (unpaired) electrons. The minimum atomic E-state index is 0.644. The Balaban J connectivity index is 1.55. The number of hydrogen-bond acceptors (Lipinski definition) is 3. The highest BCUT2D eigenvalue weighted by molar-refractivity contribution is 6.35. The Morgan fingerprint density at radius 2 is 1.15 bits per heavy atom. The van der Waals surface area contributed by atoms with Gasteiger partial charge in [-0.05, 0) is 23.6 Å². The Hall–Kier alpha value is -5.48. The molecule has 3 aromatic heterocycles. The fraction of sp³-hybridized carbons (Fsp3) is 0. The molecule has 0 spiro atoms. The van der Waals surface area contributed by atoms with Crippen LogP contribution in [0.1, 0.15) is 0 Å². The first-order valence-corrected chi connectivity index (χ1v) is 13.4. The molecule has 0 fully saturated rings. The van der Waals surface area contributed by atoms with E-state index in [-0.39, 0.29) is 0 Å². The average Bonchev–Trinajstić information content (AvgIpc) is 3.58. The van der Waals surface area contributed by atoms with Crippen molar-refractivity contribution in [1.29, 1.82) is 0 Å². The van der Waals surface area contributed by atoms with Gasteiger partial charge in [0.2, 0.25) is 5.95 Å². The van der Waals surface area contributed by atoms with Crippen LogP contribution >= 0.6 is 0 Å². The van der Waals surface area contributed by atoms with E-state index < -0.39 is 0 Å². The van der Waals surface area contributed by atoms with E-state index in [4.69, 9.17) is 14.4 Å². The van der Waals surface area contributed by atoms with Gasteiger partial charge in [-0.3, -0.25) is 4.57 Å². The van der Waals surface area contributed by atoms with Crippen LogP contribution in [-0.2, 0) is 0 Å². The first-order chi connectivity index (χ1) is 19.9. The van der Waals surface area contributed by atoms with Crippen molar-refractivity contribution in [2.75, 3.05) is 0 Å². The molecule has 0 saturated heterocycles. The summed E-state index contributed by atoms with van der Waals surface area (Å²) in [7, 11) is 0. The van der Waals surface area contributed by atoms with Crippen LogP contribution in [0.5, 0.6) is 0 Å². The number of nitrogens with zero attached hydrogens (tertiary/aromatic N) is 3. The van der Waals surface area contributed by atoms with E-state index in [0.29, 0.717) is 5.95 Å². The van der Waals surface area contributed by atoms with E-state index in [1.54, 1.807) is 0 Å². The average molecular weight is 512 g/mol. The van der Waals surface area contributed by atoms with Crippen molar-refractivity contribution in [3.05, 3.63) is 127 Å². The van der Waals surface area contributed by atoms with E-state index in [1.165, 1.54) is 10.8 Å². The van der Waals surface area contributed by atoms with E-state index in [0.717, 1.165) is 65.9 Å². The van der Waals surface area contributed by atoms with E-state index in [1.807, 2.05) is 30.3 Å². The standard InChI is InChI=1S/C36H21N3O/c1-2-12-22(13-3-1)33-25-16-6-9-19-28(25)37-36(38-33)39-29-20-10-7-17-26(29)31-23-14-4-5-15-24(23)35-32(34(31)39)27-18-8-11-21-30(27)40-35/h1-21H. The Morgan fingerprint density at radius 1 is 0.500 bits per heavy atom. The lowest BCUT2D eigenvalue weighted by Gasteiger charge is -2.12. The predicted molar refractivity (Wildman–Crippen MR) is 164 cm³/mol. The minimum Gasteiger partial charge on any atom is -0.455 e. The molecule has 0 aliphatic carbocycles. The van der Waals surface area contributed by atoms with E-state index >= 15 is 0 Å². The molecule has 0 unspecified atom stereocenters. The molecule has 40 heavy (non-hydrogen) atoms. The summed E-state index contributed by atoms with van der Waals surface area (Å²) < 4.78 is 8.81. The number of furan rings is 1. The largest absolute Gasteiger partial charge is 0.455 e. The van der Waals surface area contributed by atoms with Gasteiger partial charge in [0.25, 0.3) is 0 Å². The Labute approximate surface area is 228 Å². The van der Waals surface area contributed by atoms with Crippen molar-refractivity contribution >= 4 is 65.4 Å². The molecular formula is C36H21N3O. The molecule has 0 saturated carbocycles. The molecule has 9 aromatic rings. The maximum Gasteiger partial charge on any atom is 0.235 e. The summed E-state index contributed by atoms with van der Waals surface area (Å²) in [6, 6.07) is 44.0. The molecule has 0 atom stereocenters. The van der Waals surface area contributed by atoms with Crippen LogP contribution in [-0.4, -0.2) is 14.5 Å². The van der Waals surface area contributed by atoms with Gasteiger partial charge >= 0.3 is 0 Å². The van der Waals surface area contributed by atoms with Crippen molar-refractivity contribution in [1.82, 2.24) is 14.5 Å². The Bertz CT molecular complexity index is 2430. The SMILES string of the molecule is c1ccc(-c2nc(-n3c4ccccc4c4c5ccccc5c5oc6ccccc6c5c43)nc3ccccc23)cc1. The van der Waals surface area contributed by atoms with Gasteiger partial charge in [-0.25, -0.2) is 9.97 Å². The topological polar surface area (TPSA) is 43.9 Å². The number of para-hydroxylation sites is 3. The van der Waals surface area contributed by atoms with Crippen LogP contribution in [0.25, 0.3) is 82.6 Å². The third-order valence-electron chi connectivity index (χ3n) is 7.99. The number of benzene rings is 6. The minimum absolute atomic E-state index is 0.644. The smallest absolute Gasteiger partial charge is 0.235 e. The zero-order chi connectivity index (χ0) is 26.2. The summed E-state index contributed by atoms with van der Waals surface area (Å²) in [5.41, 5.74) is 6.78. The second kappa shape index (κ2) is 8.01. The molecular weight excluding hydrogens is 490 g/mol. The lowest BCUT2D eigenvalue weighted by Crippen LogP contribution is -2.03. The molecule has 0 aliphatic heterocycles. The molecule has 3 heterocycles. The summed E-state index contributed by atoms with van der Waals surface area (Å²) in [6.07, 6.45) is 0. The van der Waals surface area contributed by atoms with Crippen molar-refractivity contribution in [2.24, 2.45) is 0 Å². The van der Waals surface area contributed by atoms with Crippen molar-refractivity contribution < 1.29 is 4.42 Å². The number of aromatic nitrogens is 3. The first-order valence-electron chi connectivity index (χ1n) is 13.4. The highest BCUT2D eigenvalue weighted by Crippen LogP contribution is 2.45. The Kier molecular flexibility index (Phi) is 4.30. The fourth-order valence-electron chi connectivity index (χ4n) is 6.31.